The van der Waals surface area contributed by atoms with Crippen molar-refractivity contribution in [1.29, 1.82) is 5.26 Å². The smallest absolute Gasteiger partial charge is 0.214 e. The van der Waals surface area contributed by atoms with E-state index in [1.807, 2.05) is 18.5 Å². The van der Waals surface area contributed by atoms with E-state index in [9.17, 15) is 8.42 Å². The number of nitrogens with zero attached hydrogens (tertiary/aromatic N) is 5. The fourth-order valence-electron chi connectivity index (χ4n) is 5.90. The molecule has 10 heteroatoms. The lowest BCUT2D eigenvalue weighted by atomic mass is 9.98. The van der Waals surface area contributed by atoms with Crippen LogP contribution in [0.25, 0.3) is 21.9 Å². The van der Waals surface area contributed by atoms with Crippen molar-refractivity contribution < 1.29 is 13.2 Å². The Kier molecular flexibility index (Phi) is 7.11. The third-order valence-electron chi connectivity index (χ3n) is 8.02. The first kappa shape index (κ1) is 25.6. The molecule has 0 saturated carbocycles. The van der Waals surface area contributed by atoms with Gasteiger partial charge >= 0.3 is 0 Å². The van der Waals surface area contributed by atoms with Crippen molar-refractivity contribution in [3.05, 3.63) is 60.6 Å². The van der Waals surface area contributed by atoms with Crippen molar-refractivity contribution in [2.75, 3.05) is 43.4 Å². The number of rotatable bonds is 7. The Bertz CT molecular complexity index is 1600. The molecule has 6 rings (SSSR count). The number of piperidine rings is 2. The van der Waals surface area contributed by atoms with E-state index in [1.54, 1.807) is 34.8 Å². The number of aromatic amines is 1. The number of fused-ring (bicyclic) bond motifs is 3. The first-order chi connectivity index (χ1) is 19.0. The second-order valence-corrected chi connectivity index (χ2v) is 12.6. The molecule has 1 N–H and O–H groups in total. The molecule has 9 nitrogen and oxygen atoms in total. The summed E-state index contributed by atoms with van der Waals surface area (Å²) in [5.74, 6) is 1.21. The molecule has 0 bridgehead atoms. The van der Waals surface area contributed by atoms with Crippen molar-refractivity contribution in [3.63, 3.8) is 0 Å². The number of hydrogen-bond donors (Lipinski definition) is 1. The van der Waals surface area contributed by atoms with Gasteiger partial charge in [0.25, 0.3) is 0 Å². The standard InChI is InChI=1S/C29H32N6O3S/c30-16-21-3-5-24(6-4-21)38-19-23-2-1-13-35(18-23)39(36,37)20-22-9-14-34(15-10-22)27-8-12-31-26-17-33-29-25(28(26)27)7-11-32-29/h3-8,11-12,17,22-23,31H,1-2,9-10,13-15,18-20H2. The van der Waals surface area contributed by atoms with Crippen LogP contribution in [0.5, 0.6) is 5.75 Å². The number of nitriles is 1. The van der Waals surface area contributed by atoms with E-state index in [0.717, 1.165) is 66.4 Å². The number of ether oxygens (including phenoxy) is 1. The molecule has 1 atom stereocenters. The van der Waals surface area contributed by atoms with Crippen LogP contribution in [-0.2, 0) is 10.0 Å². The van der Waals surface area contributed by atoms with Crippen LogP contribution in [0.3, 0.4) is 0 Å². The van der Waals surface area contributed by atoms with Crippen LogP contribution in [0.2, 0.25) is 0 Å². The quantitative estimate of drug-likeness (QED) is 0.368. The highest BCUT2D eigenvalue weighted by atomic mass is 32.2. The molecular weight excluding hydrogens is 512 g/mol. The van der Waals surface area contributed by atoms with Crippen LogP contribution in [0.15, 0.2) is 55.0 Å². The van der Waals surface area contributed by atoms with Gasteiger partial charge in [-0.15, -0.1) is 0 Å². The van der Waals surface area contributed by atoms with Crippen molar-refractivity contribution in [2.45, 2.75) is 25.7 Å². The van der Waals surface area contributed by atoms with Crippen LogP contribution in [0, 0.1) is 23.2 Å². The molecular formula is C29H32N6O3S. The van der Waals surface area contributed by atoms with E-state index in [-0.39, 0.29) is 17.6 Å². The maximum Gasteiger partial charge on any atom is 0.214 e. The van der Waals surface area contributed by atoms with Gasteiger partial charge in [0, 0.05) is 61.0 Å². The van der Waals surface area contributed by atoms with Gasteiger partial charge in [-0.25, -0.2) is 22.7 Å². The van der Waals surface area contributed by atoms with Crippen LogP contribution in [0.4, 0.5) is 5.69 Å². The van der Waals surface area contributed by atoms with Crippen molar-refractivity contribution in [3.8, 4) is 11.8 Å². The predicted molar refractivity (Wildman–Crippen MR) is 151 cm³/mol. The fourth-order valence-corrected chi connectivity index (χ4v) is 7.89. The summed E-state index contributed by atoms with van der Waals surface area (Å²) >= 11 is 0. The SMILES string of the molecule is N#Cc1ccc(OCC2CCCN(S(=O)(=O)CC3CCN(c4cc[nH]c5cnc6nccc6c45)CC3)C2)cc1. The van der Waals surface area contributed by atoms with Gasteiger partial charge in [-0.1, -0.05) is 0 Å². The Labute approximate surface area is 228 Å². The zero-order valence-corrected chi connectivity index (χ0v) is 22.6. The lowest BCUT2D eigenvalue weighted by Gasteiger charge is -2.36. The third-order valence-corrected chi connectivity index (χ3v) is 10.0. The average molecular weight is 545 g/mol. The summed E-state index contributed by atoms with van der Waals surface area (Å²) in [6.07, 6.45) is 9.03. The van der Waals surface area contributed by atoms with E-state index in [0.29, 0.717) is 31.0 Å². The minimum absolute atomic E-state index is 0.144. The Morgan fingerprint density at radius 3 is 2.64 bits per heavy atom. The third kappa shape index (κ3) is 5.42. The highest BCUT2D eigenvalue weighted by Crippen LogP contribution is 2.34. The minimum Gasteiger partial charge on any atom is -0.493 e. The Morgan fingerprint density at radius 2 is 1.85 bits per heavy atom. The molecule has 2 aliphatic rings. The zero-order valence-electron chi connectivity index (χ0n) is 21.8. The average Bonchev–Trinajstić information content (AvgIpc) is 3.46. The molecule has 202 valence electrons. The molecule has 0 aliphatic carbocycles. The first-order valence-corrected chi connectivity index (χ1v) is 15.2. The molecule has 5 heterocycles. The van der Waals surface area contributed by atoms with E-state index in [4.69, 9.17) is 10.00 Å². The summed E-state index contributed by atoms with van der Waals surface area (Å²) in [6.45, 7) is 3.19. The van der Waals surface area contributed by atoms with E-state index in [1.165, 1.54) is 0 Å². The molecule has 1 aromatic carbocycles. The Hall–Kier alpha value is -3.68. The number of benzene rings is 1. The lowest BCUT2D eigenvalue weighted by Crippen LogP contribution is -2.45. The largest absolute Gasteiger partial charge is 0.493 e. The van der Waals surface area contributed by atoms with Crippen molar-refractivity contribution in [2.24, 2.45) is 11.8 Å². The normalized spacial score (nSPS) is 19.4. The van der Waals surface area contributed by atoms with Gasteiger partial charge in [0.05, 0.1) is 35.7 Å². The molecule has 2 aliphatic heterocycles. The molecule has 3 aromatic heterocycles. The molecule has 39 heavy (non-hydrogen) atoms. The van der Waals surface area contributed by atoms with Crippen LogP contribution < -0.4 is 9.64 Å². The minimum atomic E-state index is -3.34. The second-order valence-electron chi connectivity index (χ2n) is 10.6. The number of H-pyrrole nitrogens is 1. The summed E-state index contributed by atoms with van der Waals surface area (Å²) in [5.41, 5.74) is 3.45. The topological polar surface area (TPSA) is 115 Å². The highest BCUT2D eigenvalue weighted by molar-refractivity contribution is 7.89. The lowest BCUT2D eigenvalue weighted by molar-refractivity contribution is 0.179. The van der Waals surface area contributed by atoms with Crippen molar-refractivity contribution >= 4 is 37.6 Å². The number of hydrogen-bond acceptors (Lipinski definition) is 7. The fraction of sp³-hybridized carbons (Fsp3) is 0.414. The predicted octanol–water partition coefficient (Wildman–Crippen LogP) is 4.32. The molecule has 0 spiro atoms. The number of aromatic nitrogens is 3. The van der Waals surface area contributed by atoms with Crippen LogP contribution in [-0.4, -0.2) is 66.2 Å². The van der Waals surface area contributed by atoms with Gasteiger partial charge in [-0.05, 0) is 68.0 Å². The number of anilines is 1. The Morgan fingerprint density at radius 1 is 1.03 bits per heavy atom. The monoisotopic (exact) mass is 544 g/mol. The molecule has 1 unspecified atom stereocenters. The summed E-state index contributed by atoms with van der Waals surface area (Å²) in [7, 11) is -3.34. The van der Waals surface area contributed by atoms with Crippen LogP contribution >= 0.6 is 0 Å². The number of sulfonamides is 1. The summed E-state index contributed by atoms with van der Waals surface area (Å²) < 4.78 is 34.4. The maximum atomic E-state index is 13.4. The summed E-state index contributed by atoms with van der Waals surface area (Å²) in [6, 6.07) is 13.2. The zero-order chi connectivity index (χ0) is 26.8. The van der Waals surface area contributed by atoms with E-state index < -0.39 is 10.0 Å². The first-order valence-electron chi connectivity index (χ1n) is 13.6. The molecule has 2 saturated heterocycles. The van der Waals surface area contributed by atoms with Gasteiger partial charge in [0.1, 0.15) is 5.75 Å². The summed E-state index contributed by atoms with van der Waals surface area (Å²) in [5, 5.41) is 11.1. The molecule has 4 aromatic rings. The number of nitrogens with one attached hydrogen (secondary N) is 1. The van der Waals surface area contributed by atoms with Crippen LogP contribution in [0.1, 0.15) is 31.2 Å². The van der Waals surface area contributed by atoms with Gasteiger partial charge in [-0.3, -0.25) is 0 Å². The van der Waals surface area contributed by atoms with Gasteiger partial charge < -0.3 is 14.6 Å². The van der Waals surface area contributed by atoms with Gasteiger partial charge in [-0.2, -0.15) is 5.26 Å². The second kappa shape index (κ2) is 10.8. The maximum absolute atomic E-state index is 13.4. The Balaban J connectivity index is 1.06. The van der Waals surface area contributed by atoms with Gasteiger partial charge in [0.2, 0.25) is 10.0 Å². The van der Waals surface area contributed by atoms with Crippen molar-refractivity contribution in [1.82, 2.24) is 19.3 Å². The van der Waals surface area contributed by atoms with E-state index >= 15 is 0 Å². The summed E-state index contributed by atoms with van der Waals surface area (Å²) in [4.78, 5) is 14.5. The molecule has 0 radical (unpaired) electrons. The molecule has 0 amide bonds. The molecule has 2 fully saturated rings. The van der Waals surface area contributed by atoms with E-state index in [2.05, 4.69) is 32.0 Å². The highest BCUT2D eigenvalue weighted by Gasteiger charge is 2.33. The van der Waals surface area contributed by atoms with Gasteiger partial charge in [0.15, 0.2) is 5.65 Å². The number of pyridine rings is 2.